The summed E-state index contributed by atoms with van der Waals surface area (Å²) in [5.74, 6) is 0.570. The second-order valence-electron chi connectivity index (χ2n) is 7.20. The number of aryl methyl sites for hydroxylation is 2. The molecule has 0 saturated heterocycles. The van der Waals surface area contributed by atoms with Crippen LogP contribution in [0.25, 0.3) is 0 Å². The molecule has 1 aromatic heterocycles. The molecule has 0 amide bonds. The molecule has 0 aliphatic carbocycles. The molecule has 4 aromatic rings. The summed E-state index contributed by atoms with van der Waals surface area (Å²) in [5, 5.41) is 18.4. The van der Waals surface area contributed by atoms with Gasteiger partial charge < -0.3 is 10.6 Å². The molecule has 0 spiro atoms. The number of non-ortho nitro benzene ring substituents is 1. The summed E-state index contributed by atoms with van der Waals surface area (Å²) < 4.78 is 0. The molecular formula is C23H19ClN6O2S. The molecule has 8 nitrogen and oxygen atoms in total. The average Bonchev–Trinajstić information content (AvgIpc) is 2.78. The minimum absolute atomic E-state index is 0.0313. The highest BCUT2D eigenvalue weighted by atomic mass is 35.5. The summed E-state index contributed by atoms with van der Waals surface area (Å²) >= 11 is 7.53. The summed E-state index contributed by atoms with van der Waals surface area (Å²) in [7, 11) is 0. The van der Waals surface area contributed by atoms with E-state index in [4.69, 9.17) is 11.6 Å². The average molecular weight is 479 g/mol. The second-order valence-corrected chi connectivity index (χ2v) is 8.67. The predicted octanol–water partition coefficient (Wildman–Crippen LogP) is 6.69. The van der Waals surface area contributed by atoms with Crippen LogP contribution in [0.5, 0.6) is 0 Å². The van der Waals surface area contributed by atoms with Crippen molar-refractivity contribution in [1.82, 2.24) is 15.0 Å². The highest BCUT2D eigenvalue weighted by Crippen LogP contribution is 2.29. The Balaban J connectivity index is 1.69. The van der Waals surface area contributed by atoms with Gasteiger partial charge in [0, 0.05) is 33.4 Å². The molecule has 10 heteroatoms. The highest BCUT2D eigenvalue weighted by Gasteiger charge is 2.12. The Morgan fingerprint density at radius 1 is 0.909 bits per heavy atom. The molecule has 0 unspecified atom stereocenters. The van der Waals surface area contributed by atoms with Crippen LogP contribution >= 0.6 is 23.4 Å². The third kappa shape index (κ3) is 5.97. The number of benzene rings is 3. The maximum Gasteiger partial charge on any atom is 0.271 e. The van der Waals surface area contributed by atoms with Crippen molar-refractivity contribution in [1.29, 1.82) is 0 Å². The van der Waals surface area contributed by atoms with E-state index in [1.54, 1.807) is 18.2 Å². The highest BCUT2D eigenvalue weighted by molar-refractivity contribution is 7.99. The fraction of sp³-hybridized carbons (Fsp3) is 0.0870. The van der Waals surface area contributed by atoms with Crippen molar-refractivity contribution in [2.45, 2.75) is 23.9 Å². The summed E-state index contributed by atoms with van der Waals surface area (Å²) in [6.07, 6.45) is 0. The summed E-state index contributed by atoms with van der Waals surface area (Å²) in [6.45, 7) is 3.97. The Morgan fingerprint density at radius 2 is 1.64 bits per heavy atom. The normalized spacial score (nSPS) is 10.6. The van der Waals surface area contributed by atoms with Crippen molar-refractivity contribution in [3.8, 4) is 0 Å². The van der Waals surface area contributed by atoms with Gasteiger partial charge in [-0.25, -0.2) is 0 Å². The Morgan fingerprint density at radius 3 is 2.36 bits per heavy atom. The lowest BCUT2D eigenvalue weighted by Crippen LogP contribution is -2.06. The van der Waals surface area contributed by atoms with Gasteiger partial charge in [-0.05, 0) is 61.5 Å². The van der Waals surface area contributed by atoms with Crippen LogP contribution in [0.4, 0.5) is 29.0 Å². The fourth-order valence-electron chi connectivity index (χ4n) is 2.90. The number of rotatable bonds is 7. The number of anilines is 4. The largest absolute Gasteiger partial charge is 0.324 e. The Bertz CT molecular complexity index is 1320. The van der Waals surface area contributed by atoms with Crippen LogP contribution in [-0.4, -0.2) is 19.9 Å². The molecule has 0 fully saturated rings. The quantitative estimate of drug-likeness (QED) is 0.223. The van der Waals surface area contributed by atoms with Crippen LogP contribution in [0, 0.1) is 24.0 Å². The van der Waals surface area contributed by atoms with E-state index >= 15 is 0 Å². The molecule has 0 atom stereocenters. The zero-order valence-electron chi connectivity index (χ0n) is 17.7. The lowest BCUT2D eigenvalue weighted by Gasteiger charge is -2.12. The maximum atomic E-state index is 11.1. The first-order chi connectivity index (χ1) is 15.9. The zero-order valence-corrected chi connectivity index (χ0v) is 19.3. The molecule has 0 aliphatic heterocycles. The predicted molar refractivity (Wildman–Crippen MR) is 131 cm³/mol. The standard InChI is InChI=1S/C23H19ClN6O2S/c1-14-6-10-19(11-7-14)33-23-28-21(25-17-4-3-5-18(13-17)30(31)32)27-22(29-23)26-20-12-16(24)9-8-15(20)2/h3-13H,1-2H3,(H2,25,26,27,28,29). The van der Waals surface area contributed by atoms with E-state index in [9.17, 15) is 10.1 Å². The molecule has 0 bridgehead atoms. The molecule has 1 heterocycles. The van der Waals surface area contributed by atoms with Gasteiger partial charge in [0.25, 0.3) is 5.69 Å². The molecule has 0 saturated carbocycles. The molecule has 0 radical (unpaired) electrons. The van der Waals surface area contributed by atoms with Gasteiger partial charge in [-0.15, -0.1) is 0 Å². The number of nitrogens with one attached hydrogen (secondary N) is 2. The summed E-state index contributed by atoms with van der Waals surface area (Å²) in [6, 6.07) is 19.7. The van der Waals surface area contributed by atoms with Crippen molar-refractivity contribution in [2.24, 2.45) is 0 Å². The molecule has 4 rings (SSSR count). The van der Waals surface area contributed by atoms with Crippen LogP contribution in [0.3, 0.4) is 0 Å². The third-order valence-corrected chi connectivity index (χ3v) is 5.71. The SMILES string of the molecule is Cc1ccc(Sc2nc(Nc3cccc([N+](=O)[O-])c3)nc(Nc3cc(Cl)ccc3C)n2)cc1. The van der Waals surface area contributed by atoms with Crippen molar-refractivity contribution >= 4 is 52.3 Å². The van der Waals surface area contributed by atoms with Gasteiger partial charge in [0.1, 0.15) is 0 Å². The molecular weight excluding hydrogens is 460 g/mol. The first-order valence-electron chi connectivity index (χ1n) is 9.91. The third-order valence-electron chi connectivity index (χ3n) is 4.60. The number of halogens is 1. The molecule has 166 valence electrons. The molecule has 3 aromatic carbocycles. The minimum atomic E-state index is -0.452. The number of hydrogen-bond acceptors (Lipinski definition) is 8. The first-order valence-corrected chi connectivity index (χ1v) is 11.1. The number of hydrogen-bond donors (Lipinski definition) is 2. The molecule has 33 heavy (non-hydrogen) atoms. The van der Waals surface area contributed by atoms with E-state index in [0.29, 0.717) is 21.8 Å². The van der Waals surface area contributed by atoms with Gasteiger partial charge in [-0.2, -0.15) is 15.0 Å². The van der Waals surface area contributed by atoms with Crippen molar-refractivity contribution in [3.63, 3.8) is 0 Å². The lowest BCUT2D eigenvalue weighted by molar-refractivity contribution is -0.384. The smallest absolute Gasteiger partial charge is 0.271 e. The van der Waals surface area contributed by atoms with Gasteiger partial charge >= 0.3 is 0 Å². The zero-order chi connectivity index (χ0) is 23.4. The second kappa shape index (κ2) is 9.85. The monoisotopic (exact) mass is 478 g/mol. The van der Waals surface area contributed by atoms with Gasteiger partial charge in [-0.1, -0.05) is 41.4 Å². The summed E-state index contributed by atoms with van der Waals surface area (Å²) in [5.41, 5.74) is 3.35. The first kappa shape index (κ1) is 22.5. The number of nitro benzene ring substituents is 1. The molecule has 0 aliphatic rings. The topological polar surface area (TPSA) is 106 Å². The van der Waals surface area contributed by atoms with Gasteiger partial charge in [-0.3, -0.25) is 10.1 Å². The number of aromatic nitrogens is 3. The van der Waals surface area contributed by atoms with Crippen LogP contribution < -0.4 is 10.6 Å². The van der Waals surface area contributed by atoms with Gasteiger partial charge in [0.15, 0.2) is 5.16 Å². The Labute approximate surface area is 199 Å². The van der Waals surface area contributed by atoms with Crippen molar-refractivity contribution < 1.29 is 4.92 Å². The fourth-order valence-corrected chi connectivity index (χ4v) is 3.82. The van der Waals surface area contributed by atoms with E-state index in [1.807, 2.05) is 50.2 Å². The Hall–Kier alpha value is -3.69. The van der Waals surface area contributed by atoms with E-state index in [-0.39, 0.29) is 11.6 Å². The maximum absolute atomic E-state index is 11.1. The van der Waals surface area contributed by atoms with E-state index in [0.717, 1.165) is 21.7 Å². The van der Waals surface area contributed by atoms with Gasteiger partial charge in [0.05, 0.1) is 4.92 Å². The summed E-state index contributed by atoms with van der Waals surface area (Å²) in [4.78, 5) is 25.1. The number of nitrogens with zero attached hydrogens (tertiary/aromatic N) is 4. The van der Waals surface area contributed by atoms with E-state index in [2.05, 4.69) is 25.6 Å². The van der Waals surface area contributed by atoms with Gasteiger partial charge in [0.2, 0.25) is 11.9 Å². The minimum Gasteiger partial charge on any atom is -0.324 e. The van der Waals surface area contributed by atoms with E-state index < -0.39 is 4.92 Å². The Kier molecular flexibility index (Phi) is 6.71. The van der Waals surface area contributed by atoms with E-state index in [1.165, 1.54) is 23.9 Å². The van der Waals surface area contributed by atoms with Crippen molar-refractivity contribution in [3.05, 3.63) is 93.0 Å². The number of nitro groups is 1. The van der Waals surface area contributed by atoms with Crippen LogP contribution in [0.1, 0.15) is 11.1 Å². The van der Waals surface area contributed by atoms with Crippen LogP contribution in [0.15, 0.2) is 76.8 Å². The molecule has 2 N–H and O–H groups in total. The lowest BCUT2D eigenvalue weighted by atomic mass is 10.2. The van der Waals surface area contributed by atoms with Crippen LogP contribution in [-0.2, 0) is 0 Å². The van der Waals surface area contributed by atoms with Crippen molar-refractivity contribution in [2.75, 3.05) is 10.6 Å². The van der Waals surface area contributed by atoms with Crippen LogP contribution in [0.2, 0.25) is 5.02 Å².